The van der Waals surface area contributed by atoms with Crippen LogP contribution < -0.4 is 10.6 Å². The van der Waals surface area contributed by atoms with Crippen LogP contribution in [0.4, 0.5) is 0 Å². The summed E-state index contributed by atoms with van der Waals surface area (Å²) in [5.74, 6) is -0.981. The van der Waals surface area contributed by atoms with E-state index in [1.165, 1.54) is 7.11 Å². The highest BCUT2D eigenvalue weighted by Gasteiger charge is 2.44. The molecule has 0 spiro atoms. The number of amides is 2. The molecule has 0 bridgehead atoms. The first-order valence-electron chi connectivity index (χ1n) is 15.0. The number of esters is 1. The zero-order chi connectivity index (χ0) is 30.1. The van der Waals surface area contributed by atoms with E-state index >= 15 is 0 Å². The number of aromatic amines is 1. The van der Waals surface area contributed by atoms with Gasteiger partial charge in [0, 0.05) is 50.2 Å². The van der Waals surface area contributed by atoms with Gasteiger partial charge in [0.15, 0.2) is 0 Å². The normalized spacial score (nSPS) is 15.5. The number of H-pyrrole nitrogens is 1. The third kappa shape index (κ3) is 7.70. The van der Waals surface area contributed by atoms with Gasteiger partial charge in [-0.15, -0.1) is 0 Å². The number of piperidine rings is 1. The minimum absolute atomic E-state index is 0.0265. The number of carbonyl (C=O) groups is 3. The van der Waals surface area contributed by atoms with Gasteiger partial charge in [-0.05, 0) is 47.9 Å². The summed E-state index contributed by atoms with van der Waals surface area (Å²) in [5.41, 5.74) is 3.13. The Labute approximate surface area is 252 Å². The molecule has 1 aliphatic rings. The van der Waals surface area contributed by atoms with E-state index < -0.39 is 11.5 Å². The molecule has 1 unspecified atom stereocenters. The van der Waals surface area contributed by atoms with Crippen LogP contribution in [0.5, 0.6) is 0 Å². The van der Waals surface area contributed by atoms with Crippen molar-refractivity contribution in [2.24, 2.45) is 0 Å². The molecule has 0 saturated carbocycles. The molecule has 1 fully saturated rings. The van der Waals surface area contributed by atoms with E-state index in [9.17, 15) is 14.4 Å². The summed E-state index contributed by atoms with van der Waals surface area (Å²) in [6.45, 7) is 2.15. The molecule has 8 heteroatoms. The van der Waals surface area contributed by atoms with Crippen molar-refractivity contribution >= 4 is 28.7 Å². The Morgan fingerprint density at radius 1 is 0.907 bits per heavy atom. The number of benzene rings is 3. The number of nitrogens with one attached hydrogen (secondary N) is 3. The average molecular weight is 581 g/mol. The zero-order valence-corrected chi connectivity index (χ0v) is 24.7. The maximum atomic E-state index is 13.5. The smallest absolute Gasteiger partial charge is 0.331 e. The van der Waals surface area contributed by atoms with Crippen LogP contribution in [0.2, 0.25) is 0 Å². The number of ether oxygens (including phenoxy) is 1. The lowest BCUT2D eigenvalue weighted by molar-refractivity contribution is -0.153. The van der Waals surface area contributed by atoms with Crippen molar-refractivity contribution in [1.29, 1.82) is 0 Å². The van der Waals surface area contributed by atoms with Crippen molar-refractivity contribution in [2.75, 3.05) is 33.3 Å². The number of hydrogen-bond acceptors (Lipinski definition) is 5. The summed E-state index contributed by atoms with van der Waals surface area (Å²) in [7, 11) is 1.36. The fraction of sp³-hybridized carbons (Fsp3) is 0.343. The predicted octanol–water partition coefficient (Wildman–Crippen LogP) is 4.37. The third-order valence-corrected chi connectivity index (χ3v) is 8.39. The van der Waals surface area contributed by atoms with Crippen LogP contribution in [0.15, 0.2) is 91.0 Å². The number of aryl methyl sites for hydroxylation is 1. The summed E-state index contributed by atoms with van der Waals surface area (Å²) in [5, 5.41) is 7.32. The Kier molecular flexibility index (Phi) is 9.89. The molecule has 3 aromatic carbocycles. The van der Waals surface area contributed by atoms with Crippen molar-refractivity contribution in [3.8, 4) is 0 Å². The number of likely N-dealkylation sites (tertiary alicyclic amines) is 1. The van der Waals surface area contributed by atoms with E-state index in [2.05, 4.69) is 32.7 Å². The Balaban J connectivity index is 1.19. The molecule has 2 amide bonds. The molecule has 3 N–H and O–H groups in total. The van der Waals surface area contributed by atoms with Gasteiger partial charge in [-0.3, -0.25) is 9.59 Å². The van der Waals surface area contributed by atoms with E-state index in [4.69, 9.17) is 4.74 Å². The van der Waals surface area contributed by atoms with Gasteiger partial charge in [0.25, 0.3) is 0 Å². The first-order chi connectivity index (χ1) is 21.0. The second kappa shape index (κ2) is 14.2. The van der Waals surface area contributed by atoms with Gasteiger partial charge in [0.05, 0.1) is 13.0 Å². The minimum atomic E-state index is -1.07. The number of methoxy groups -OCH3 is 1. The standard InChI is InChI=1S/C35H40N4O4/c1-43-34(42)35(38-32(40)17-16-26-10-4-2-5-11-26)19-22-39(23-20-35)25-30(27-12-6-3-7-13-27)33(41)36-21-18-29-24-28-14-8-9-15-31(28)37-29/h2-15,24,30,37H,16-23,25H2,1H3,(H,36,41)(H,38,40). The van der Waals surface area contributed by atoms with E-state index in [0.29, 0.717) is 58.3 Å². The highest BCUT2D eigenvalue weighted by atomic mass is 16.5. The van der Waals surface area contributed by atoms with E-state index in [0.717, 1.165) is 27.7 Å². The highest BCUT2D eigenvalue weighted by molar-refractivity contribution is 5.88. The molecule has 1 aromatic heterocycles. The van der Waals surface area contributed by atoms with Gasteiger partial charge in [0.1, 0.15) is 5.54 Å². The van der Waals surface area contributed by atoms with Crippen molar-refractivity contribution in [2.45, 2.75) is 43.6 Å². The first kappa shape index (κ1) is 30.0. The second-order valence-corrected chi connectivity index (χ2v) is 11.3. The van der Waals surface area contributed by atoms with Crippen LogP contribution in [0.1, 0.15) is 42.0 Å². The van der Waals surface area contributed by atoms with E-state index in [-0.39, 0.29) is 17.7 Å². The Hall–Kier alpha value is -4.43. The van der Waals surface area contributed by atoms with Gasteiger partial charge < -0.3 is 25.3 Å². The Bertz CT molecular complexity index is 1480. The first-order valence-corrected chi connectivity index (χ1v) is 15.0. The number of rotatable bonds is 12. The lowest BCUT2D eigenvalue weighted by Crippen LogP contribution is -2.60. The maximum Gasteiger partial charge on any atom is 0.331 e. The molecule has 43 heavy (non-hydrogen) atoms. The highest BCUT2D eigenvalue weighted by Crippen LogP contribution is 2.27. The molecule has 2 heterocycles. The SMILES string of the molecule is COC(=O)C1(NC(=O)CCc2ccccc2)CCN(CC(C(=O)NCCc2cc3ccccc3[nH]2)c2ccccc2)CC1. The molecule has 4 aromatic rings. The molecule has 8 nitrogen and oxygen atoms in total. The Morgan fingerprint density at radius 2 is 1.58 bits per heavy atom. The molecule has 0 aliphatic carbocycles. The molecule has 1 aliphatic heterocycles. The van der Waals surface area contributed by atoms with Gasteiger partial charge in [-0.2, -0.15) is 0 Å². The second-order valence-electron chi connectivity index (χ2n) is 11.3. The molecule has 1 atom stereocenters. The zero-order valence-electron chi connectivity index (χ0n) is 24.7. The fourth-order valence-corrected chi connectivity index (χ4v) is 5.92. The molecule has 224 valence electrons. The van der Waals surface area contributed by atoms with Crippen LogP contribution in [0, 0.1) is 0 Å². The lowest BCUT2D eigenvalue weighted by Gasteiger charge is -2.41. The monoisotopic (exact) mass is 580 g/mol. The maximum absolute atomic E-state index is 13.5. The van der Waals surface area contributed by atoms with E-state index in [1.807, 2.05) is 78.9 Å². The molecular weight excluding hydrogens is 540 g/mol. The van der Waals surface area contributed by atoms with Crippen LogP contribution in [-0.2, 0) is 32.0 Å². The van der Waals surface area contributed by atoms with Crippen molar-refractivity contribution < 1.29 is 19.1 Å². The third-order valence-electron chi connectivity index (χ3n) is 8.39. The molecule has 5 rings (SSSR count). The number of fused-ring (bicyclic) bond motifs is 1. The lowest BCUT2D eigenvalue weighted by atomic mass is 9.86. The molecular formula is C35H40N4O4. The largest absolute Gasteiger partial charge is 0.467 e. The van der Waals surface area contributed by atoms with Gasteiger partial charge in [-0.25, -0.2) is 4.79 Å². The summed E-state index contributed by atoms with van der Waals surface area (Å²) >= 11 is 0. The minimum Gasteiger partial charge on any atom is -0.467 e. The Morgan fingerprint density at radius 3 is 2.28 bits per heavy atom. The molecule has 1 saturated heterocycles. The van der Waals surface area contributed by atoms with Crippen molar-refractivity contribution in [1.82, 2.24) is 20.5 Å². The van der Waals surface area contributed by atoms with Gasteiger partial charge >= 0.3 is 5.97 Å². The number of carbonyl (C=O) groups excluding carboxylic acids is 3. The summed E-state index contributed by atoms with van der Waals surface area (Å²) < 4.78 is 5.14. The number of hydrogen-bond donors (Lipinski definition) is 3. The quantitative estimate of drug-likeness (QED) is 0.216. The van der Waals surface area contributed by atoms with Crippen molar-refractivity contribution in [3.05, 3.63) is 108 Å². The van der Waals surface area contributed by atoms with Crippen LogP contribution in [0.3, 0.4) is 0 Å². The van der Waals surface area contributed by atoms with Crippen molar-refractivity contribution in [3.63, 3.8) is 0 Å². The van der Waals surface area contributed by atoms with Gasteiger partial charge in [-0.1, -0.05) is 78.9 Å². The number of aromatic nitrogens is 1. The summed E-state index contributed by atoms with van der Waals surface area (Å²) in [6, 6.07) is 29.9. The predicted molar refractivity (Wildman–Crippen MR) is 168 cm³/mol. The summed E-state index contributed by atoms with van der Waals surface area (Å²) in [6.07, 6.45) is 2.43. The van der Waals surface area contributed by atoms with Crippen LogP contribution >= 0.6 is 0 Å². The number of nitrogens with zero attached hydrogens (tertiary/aromatic N) is 1. The van der Waals surface area contributed by atoms with Crippen LogP contribution in [-0.4, -0.2) is 66.5 Å². The summed E-state index contributed by atoms with van der Waals surface area (Å²) in [4.78, 5) is 45.0. The van der Waals surface area contributed by atoms with E-state index in [1.54, 1.807) is 0 Å². The van der Waals surface area contributed by atoms with Crippen LogP contribution in [0.25, 0.3) is 10.9 Å². The van der Waals surface area contributed by atoms with Gasteiger partial charge in [0.2, 0.25) is 11.8 Å². The molecule has 0 radical (unpaired) electrons. The fourth-order valence-electron chi connectivity index (χ4n) is 5.92. The number of para-hydroxylation sites is 1. The topological polar surface area (TPSA) is 104 Å². The average Bonchev–Trinajstić information content (AvgIpc) is 3.47.